The van der Waals surface area contributed by atoms with E-state index in [9.17, 15) is 4.79 Å². The van der Waals surface area contributed by atoms with Crippen LogP contribution in [0.5, 0.6) is 0 Å². The first-order chi connectivity index (χ1) is 13.2. The van der Waals surface area contributed by atoms with Gasteiger partial charge in [-0.15, -0.1) is 0 Å². The number of rotatable bonds is 4. The van der Waals surface area contributed by atoms with Crippen molar-refractivity contribution in [2.75, 3.05) is 0 Å². The second kappa shape index (κ2) is 7.58. The second-order valence-corrected chi connectivity index (χ2v) is 6.88. The Balaban J connectivity index is 1.86. The molecule has 3 heteroatoms. The molecule has 2 aromatic carbocycles. The zero-order chi connectivity index (χ0) is 18.6. The molecule has 0 saturated heterocycles. The Morgan fingerprint density at radius 3 is 2.04 bits per heavy atom. The number of carbonyl (C=O) groups is 1. The third kappa shape index (κ3) is 3.54. The number of nitrogens with zero attached hydrogens (tertiary/aromatic N) is 2. The average molecular weight is 354 g/mol. The fourth-order valence-electron chi connectivity index (χ4n) is 3.72. The van der Waals surface area contributed by atoms with Gasteiger partial charge in [0.2, 0.25) is 0 Å². The quantitative estimate of drug-likeness (QED) is 0.654. The number of Topliss-reactive ketones (excluding diaryl/α,β-unsaturated/α-hetero) is 1. The molecular formula is C24H22N2O. The zero-order valence-electron chi connectivity index (χ0n) is 15.3. The Kier molecular flexibility index (Phi) is 4.84. The molecule has 0 N–H and O–H groups in total. The van der Waals surface area contributed by atoms with E-state index in [0.29, 0.717) is 6.42 Å². The number of ketones is 1. The summed E-state index contributed by atoms with van der Waals surface area (Å²) in [5, 5.41) is 0. The van der Waals surface area contributed by atoms with Crippen molar-refractivity contribution >= 4 is 5.78 Å². The molecule has 134 valence electrons. The highest BCUT2D eigenvalue weighted by Crippen LogP contribution is 2.40. The van der Waals surface area contributed by atoms with Gasteiger partial charge in [0.15, 0.2) is 5.78 Å². The minimum atomic E-state index is -0.0900. The van der Waals surface area contributed by atoms with E-state index >= 15 is 0 Å². The van der Waals surface area contributed by atoms with Gasteiger partial charge in [0.1, 0.15) is 0 Å². The molecule has 4 rings (SSSR count). The van der Waals surface area contributed by atoms with Gasteiger partial charge >= 0.3 is 0 Å². The first-order valence-electron chi connectivity index (χ1n) is 9.24. The van der Waals surface area contributed by atoms with Crippen molar-refractivity contribution in [2.45, 2.75) is 25.4 Å². The Morgan fingerprint density at radius 1 is 0.889 bits per heavy atom. The molecule has 0 amide bonds. The van der Waals surface area contributed by atoms with E-state index in [0.717, 1.165) is 11.3 Å². The maximum atomic E-state index is 12.5. The monoisotopic (exact) mass is 354 g/mol. The topological polar surface area (TPSA) is 33.2 Å². The van der Waals surface area contributed by atoms with Gasteiger partial charge in [-0.25, -0.2) is 0 Å². The zero-order valence-corrected chi connectivity index (χ0v) is 15.3. The lowest BCUT2D eigenvalue weighted by molar-refractivity contribution is -0.117. The number of hydrogen-bond acceptors (Lipinski definition) is 3. The molecule has 0 spiro atoms. The maximum Gasteiger partial charge on any atom is 0.162 e. The van der Waals surface area contributed by atoms with Crippen LogP contribution in [0.2, 0.25) is 0 Å². The Hall–Kier alpha value is -3.20. The minimum Gasteiger partial charge on any atom is -0.357 e. The van der Waals surface area contributed by atoms with Crippen molar-refractivity contribution in [1.82, 2.24) is 9.88 Å². The molecule has 3 nitrogen and oxygen atoms in total. The normalized spacial score (nSPS) is 17.1. The molecule has 1 aliphatic heterocycles. The maximum absolute atomic E-state index is 12.5. The summed E-state index contributed by atoms with van der Waals surface area (Å²) in [5.41, 5.74) is 4.11. The molecule has 0 aliphatic carbocycles. The molecule has 1 unspecified atom stereocenters. The van der Waals surface area contributed by atoms with Gasteiger partial charge in [-0.3, -0.25) is 9.78 Å². The number of aromatic nitrogens is 1. The number of hydrogen-bond donors (Lipinski definition) is 0. The van der Waals surface area contributed by atoms with E-state index in [-0.39, 0.29) is 17.9 Å². The average Bonchev–Trinajstić information content (AvgIpc) is 2.73. The SMILES string of the molecule is CC1=CN(C(c2ccccc2)c2ccccc2)C(c2ccccn2)CC1=O. The number of carbonyl (C=O) groups excluding carboxylic acids is 1. The van der Waals surface area contributed by atoms with Crippen LogP contribution >= 0.6 is 0 Å². The van der Waals surface area contributed by atoms with Crippen LogP contribution in [-0.4, -0.2) is 15.7 Å². The van der Waals surface area contributed by atoms with Gasteiger partial charge in [-0.2, -0.15) is 0 Å². The van der Waals surface area contributed by atoms with Crippen LogP contribution in [0.3, 0.4) is 0 Å². The van der Waals surface area contributed by atoms with Crippen molar-refractivity contribution in [2.24, 2.45) is 0 Å². The van der Waals surface area contributed by atoms with E-state index in [2.05, 4.69) is 58.4 Å². The highest BCUT2D eigenvalue weighted by molar-refractivity contribution is 5.95. The molecule has 0 fully saturated rings. The lowest BCUT2D eigenvalue weighted by atomic mass is 9.90. The molecule has 3 aromatic rings. The summed E-state index contributed by atoms with van der Waals surface area (Å²) in [6.45, 7) is 1.90. The third-order valence-electron chi connectivity index (χ3n) is 5.08. The smallest absolute Gasteiger partial charge is 0.162 e. The number of pyridine rings is 1. The van der Waals surface area contributed by atoms with Crippen LogP contribution in [0.25, 0.3) is 0 Å². The molecule has 0 radical (unpaired) electrons. The van der Waals surface area contributed by atoms with Crippen LogP contribution < -0.4 is 0 Å². The van der Waals surface area contributed by atoms with E-state index < -0.39 is 0 Å². The molecule has 1 aliphatic rings. The van der Waals surface area contributed by atoms with Crippen LogP contribution in [0.15, 0.2) is 96.8 Å². The number of allylic oxidation sites excluding steroid dienone is 1. The standard InChI is InChI=1S/C24H22N2O/c1-18-17-26(22(16-23(18)27)21-14-8-9-15-25-21)24(19-10-4-2-5-11-19)20-12-6-3-7-13-20/h2-15,17,22,24H,16H2,1H3. The molecule has 27 heavy (non-hydrogen) atoms. The minimum absolute atomic E-state index is 0.0162. The fourth-order valence-corrected chi connectivity index (χ4v) is 3.72. The summed E-state index contributed by atoms with van der Waals surface area (Å²) >= 11 is 0. The summed E-state index contributed by atoms with van der Waals surface area (Å²) < 4.78 is 0. The van der Waals surface area contributed by atoms with Gasteiger partial charge in [0.25, 0.3) is 0 Å². The largest absolute Gasteiger partial charge is 0.357 e. The predicted octanol–water partition coefficient (Wildman–Crippen LogP) is 5.09. The Bertz CT molecular complexity index is 896. The van der Waals surface area contributed by atoms with Gasteiger partial charge in [-0.05, 0) is 30.2 Å². The van der Waals surface area contributed by atoms with Crippen LogP contribution in [-0.2, 0) is 4.79 Å². The first-order valence-corrected chi connectivity index (χ1v) is 9.24. The van der Waals surface area contributed by atoms with E-state index in [1.54, 1.807) is 6.20 Å². The summed E-state index contributed by atoms with van der Waals surface area (Å²) in [6, 6.07) is 26.7. The highest BCUT2D eigenvalue weighted by atomic mass is 16.1. The third-order valence-corrected chi connectivity index (χ3v) is 5.08. The fraction of sp³-hybridized carbons (Fsp3) is 0.167. The van der Waals surface area contributed by atoms with Crippen molar-refractivity contribution in [1.29, 1.82) is 0 Å². The molecule has 0 bridgehead atoms. The summed E-state index contributed by atoms with van der Waals surface area (Å²) in [5.74, 6) is 0.182. The first kappa shape index (κ1) is 17.2. The van der Waals surface area contributed by atoms with Crippen molar-refractivity contribution in [3.63, 3.8) is 0 Å². The molecule has 1 aromatic heterocycles. The summed E-state index contributed by atoms with van der Waals surface area (Å²) in [4.78, 5) is 19.4. The molecule has 0 saturated carbocycles. The van der Waals surface area contributed by atoms with Crippen molar-refractivity contribution in [3.8, 4) is 0 Å². The Morgan fingerprint density at radius 2 is 1.48 bits per heavy atom. The van der Waals surface area contributed by atoms with Gasteiger partial charge in [0, 0.05) is 24.4 Å². The predicted molar refractivity (Wildman–Crippen MR) is 107 cm³/mol. The Labute approximate surface area is 160 Å². The molecular weight excluding hydrogens is 332 g/mol. The second-order valence-electron chi connectivity index (χ2n) is 6.88. The van der Waals surface area contributed by atoms with Crippen molar-refractivity contribution < 1.29 is 4.79 Å². The van der Waals surface area contributed by atoms with Crippen LogP contribution in [0.1, 0.15) is 42.2 Å². The van der Waals surface area contributed by atoms with E-state index in [4.69, 9.17) is 0 Å². The van der Waals surface area contributed by atoms with E-state index in [1.807, 2.05) is 43.5 Å². The van der Waals surface area contributed by atoms with Gasteiger partial charge in [0.05, 0.1) is 17.8 Å². The van der Waals surface area contributed by atoms with E-state index in [1.165, 1.54) is 11.1 Å². The number of benzene rings is 2. The van der Waals surface area contributed by atoms with Gasteiger partial charge in [-0.1, -0.05) is 66.7 Å². The molecule has 2 heterocycles. The molecule has 1 atom stereocenters. The lowest BCUT2D eigenvalue weighted by Gasteiger charge is -2.40. The highest BCUT2D eigenvalue weighted by Gasteiger charge is 2.33. The van der Waals surface area contributed by atoms with Crippen LogP contribution in [0.4, 0.5) is 0 Å². The lowest BCUT2D eigenvalue weighted by Crippen LogP contribution is -2.35. The summed E-state index contributed by atoms with van der Waals surface area (Å²) in [6.07, 6.45) is 4.24. The summed E-state index contributed by atoms with van der Waals surface area (Å²) in [7, 11) is 0. The van der Waals surface area contributed by atoms with Gasteiger partial charge < -0.3 is 4.90 Å². The van der Waals surface area contributed by atoms with Crippen molar-refractivity contribution in [3.05, 3.63) is 114 Å². The van der Waals surface area contributed by atoms with Crippen LogP contribution in [0, 0.1) is 0 Å².